The monoisotopic (exact) mass is 468 g/mol. The summed E-state index contributed by atoms with van der Waals surface area (Å²) in [5.74, 6) is 0.0708. The van der Waals surface area contributed by atoms with E-state index < -0.39 is 0 Å². The number of aryl methyl sites for hydroxylation is 1. The minimum Gasteiger partial charge on any atom is -0.371 e. The number of nitrogens with zero attached hydrogens (tertiary/aromatic N) is 2. The highest BCUT2D eigenvalue weighted by Gasteiger charge is 2.39. The van der Waals surface area contributed by atoms with E-state index in [4.69, 9.17) is 0 Å². The van der Waals surface area contributed by atoms with Crippen molar-refractivity contribution in [1.29, 1.82) is 5.26 Å². The molecule has 35 heavy (non-hydrogen) atoms. The molecular weight excluding hydrogens is 432 g/mol. The third-order valence-electron chi connectivity index (χ3n) is 8.99. The van der Waals surface area contributed by atoms with Crippen LogP contribution >= 0.6 is 0 Å². The quantitative estimate of drug-likeness (QED) is 0.629. The Morgan fingerprint density at radius 2 is 1.89 bits per heavy atom. The molecular formula is C30H36N4O. The summed E-state index contributed by atoms with van der Waals surface area (Å²) in [5.41, 5.74) is 9.72. The van der Waals surface area contributed by atoms with Gasteiger partial charge in [-0.25, -0.2) is 0 Å². The van der Waals surface area contributed by atoms with Crippen LogP contribution in [-0.2, 0) is 18.3 Å². The molecule has 2 aromatic rings. The molecule has 1 saturated heterocycles. The van der Waals surface area contributed by atoms with Gasteiger partial charge in [0.05, 0.1) is 11.8 Å². The van der Waals surface area contributed by atoms with Crippen LogP contribution < -0.4 is 10.2 Å². The Kier molecular flexibility index (Phi) is 5.41. The van der Waals surface area contributed by atoms with Gasteiger partial charge in [0.25, 0.3) is 0 Å². The second-order valence-corrected chi connectivity index (χ2v) is 11.5. The number of Topliss-reactive ketones (excluding diaryl/α,β-unsaturated/α-hetero) is 1. The summed E-state index contributed by atoms with van der Waals surface area (Å²) in [6.07, 6.45) is 10.4. The number of fused-ring (bicyclic) bond motifs is 4. The zero-order valence-electron chi connectivity index (χ0n) is 21.3. The molecule has 0 unspecified atom stereocenters. The molecule has 4 aliphatic rings. The van der Waals surface area contributed by atoms with Crippen LogP contribution in [0, 0.1) is 11.3 Å². The van der Waals surface area contributed by atoms with Crippen LogP contribution in [0.15, 0.2) is 17.7 Å². The molecule has 0 amide bonds. The molecule has 1 aromatic carbocycles. The van der Waals surface area contributed by atoms with Gasteiger partial charge in [0.15, 0.2) is 5.78 Å². The molecule has 2 heterocycles. The Balaban J connectivity index is 1.33. The van der Waals surface area contributed by atoms with Crippen LogP contribution in [0.4, 0.5) is 5.69 Å². The van der Waals surface area contributed by atoms with Crippen molar-refractivity contribution in [3.63, 3.8) is 0 Å². The van der Waals surface area contributed by atoms with Gasteiger partial charge in [-0.15, -0.1) is 0 Å². The average molecular weight is 469 g/mol. The maximum absolute atomic E-state index is 13.0. The third-order valence-corrected chi connectivity index (χ3v) is 8.99. The van der Waals surface area contributed by atoms with Crippen molar-refractivity contribution < 1.29 is 4.79 Å². The molecule has 1 saturated carbocycles. The van der Waals surface area contributed by atoms with Crippen molar-refractivity contribution in [3.8, 4) is 6.07 Å². The zero-order chi connectivity index (χ0) is 24.3. The summed E-state index contributed by atoms with van der Waals surface area (Å²) in [7, 11) is 0. The van der Waals surface area contributed by atoms with Gasteiger partial charge in [-0.05, 0) is 66.5 Å². The number of H-pyrrole nitrogens is 1. The molecule has 0 bridgehead atoms. The van der Waals surface area contributed by atoms with Crippen molar-refractivity contribution in [2.24, 2.45) is 0 Å². The van der Waals surface area contributed by atoms with E-state index in [1.54, 1.807) is 0 Å². The summed E-state index contributed by atoms with van der Waals surface area (Å²) < 4.78 is 0. The second kappa shape index (κ2) is 8.38. The van der Waals surface area contributed by atoms with Crippen LogP contribution in [0.3, 0.4) is 0 Å². The van der Waals surface area contributed by atoms with Gasteiger partial charge in [-0.3, -0.25) is 4.79 Å². The van der Waals surface area contributed by atoms with Gasteiger partial charge in [-0.2, -0.15) is 5.26 Å². The second-order valence-electron chi connectivity index (χ2n) is 11.5. The van der Waals surface area contributed by atoms with E-state index in [0.717, 1.165) is 54.5 Å². The highest BCUT2D eigenvalue weighted by molar-refractivity contribution is 6.06. The van der Waals surface area contributed by atoms with Crippen molar-refractivity contribution >= 4 is 17.5 Å². The van der Waals surface area contributed by atoms with Crippen LogP contribution in [-0.4, -0.2) is 35.9 Å². The Labute approximate surface area is 208 Å². The van der Waals surface area contributed by atoms with Crippen LogP contribution in [0.25, 0.3) is 6.08 Å². The van der Waals surface area contributed by atoms with Gasteiger partial charge in [0.1, 0.15) is 0 Å². The Bertz CT molecular complexity index is 1260. The van der Waals surface area contributed by atoms with E-state index in [2.05, 4.69) is 54.2 Å². The van der Waals surface area contributed by atoms with Crippen LogP contribution in [0.2, 0.25) is 0 Å². The number of piperidine rings is 1. The topological polar surface area (TPSA) is 71.9 Å². The lowest BCUT2D eigenvalue weighted by Gasteiger charge is -2.40. The number of hydrogen-bond donors (Lipinski definition) is 2. The highest BCUT2D eigenvalue weighted by Crippen LogP contribution is 2.46. The lowest BCUT2D eigenvalue weighted by atomic mass is 9.70. The lowest BCUT2D eigenvalue weighted by Crippen LogP contribution is -2.48. The summed E-state index contributed by atoms with van der Waals surface area (Å²) in [6.45, 7) is 9.01. The minimum atomic E-state index is -0.230. The van der Waals surface area contributed by atoms with Crippen LogP contribution in [0.5, 0.6) is 0 Å². The maximum Gasteiger partial charge on any atom is 0.170 e. The predicted octanol–water partition coefficient (Wildman–Crippen LogP) is 5.41. The number of allylic oxidation sites excluding steroid dienone is 1. The van der Waals surface area contributed by atoms with E-state index in [-0.39, 0.29) is 17.6 Å². The normalized spacial score (nSPS) is 21.5. The third kappa shape index (κ3) is 3.65. The molecule has 0 spiro atoms. The maximum atomic E-state index is 13.0. The smallest absolute Gasteiger partial charge is 0.170 e. The van der Waals surface area contributed by atoms with Crippen LogP contribution in [0.1, 0.15) is 103 Å². The van der Waals surface area contributed by atoms with E-state index in [9.17, 15) is 10.1 Å². The predicted molar refractivity (Wildman–Crippen MR) is 140 cm³/mol. The first-order valence-corrected chi connectivity index (χ1v) is 13.5. The first kappa shape index (κ1) is 22.6. The number of carbonyl (C=O) groups excluding carboxylic acids is 1. The van der Waals surface area contributed by atoms with Crippen molar-refractivity contribution in [1.82, 2.24) is 10.3 Å². The van der Waals surface area contributed by atoms with E-state index in [1.807, 2.05) is 6.08 Å². The number of hydrogen-bond acceptors (Lipinski definition) is 4. The van der Waals surface area contributed by atoms with E-state index >= 15 is 0 Å². The standard InChI is InChI=1S/C30H36N4O/c1-4-19-14-20-15-23-28-25(12-18(17-31)13-27(28)35)33-29(23)30(2,3)24(20)16-26(19)34-10-8-22(9-11-34)32-21-6-5-7-21/h12,14,16,21-22,32-33H,4-11,13,15H2,1-3H3. The molecule has 2 fully saturated rings. The summed E-state index contributed by atoms with van der Waals surface area (Å²) in [4.78, 5) is 19.2. The van der Waals surface area contributed by atoms with Gasteiger partial charge >= 0.3 is 0 Å². The number of aromatic amines is 1. The van der Waals surface area contributed by atoms with E-state index in [0.29, 0.717) is 11.6 Å². The van der Waals surface area contributed by atoms with Crippen molar-refractivity contribution in [2.75, 3.05) is 18.0 Å². The number of rotatable bonds is 4. The van der Waals surface area contributed by atoms with Crippen molar-refractivity contribution in [3.05, 3.63) is 56.9 Å². The van der Waals surface area contributed by atoms with Gasteiger partial charge in [0.2, 0.25) is 0 Å². The number of ketones is 1. The first-order valence-electron chi connectivity index (χ1n) is 13.5. The molecule has 2 N–H and O–H groups in total. The molecule has 1 aliphatic heterocycles. The first-order chi connectivity index (χ1) is 16.9. The van der Waals surface area contributed by atoms with Crippen molar-refractivity contribution in [2.45, 2.75) is 89.6 Å². The Hall–Kier alpha value is -2.84. The summed E-state index contributed by atoms with van der Waals surface area (Å²) >= 11 is 0. The molecule has 0 radical (unpaired) electrons. The zero-order valence-corrected chi connectivity index (χ0v) is 21.3. The van der Waals surface area contributed by atoms with Gasteiger partial charge in [0, 0.05) is 65.9 Å². The molecule has 5 nitrogen and oxygen atoms in total. The molecule has 1 aromatic heterocycles. The van der Waals surface area contributed by atoms with Gasteiger partial charge < -0.3 is 15.2 Å². The number of aromatic nitrogens is 1. The fourth-order valence-electron chi connectivity index (χ4n) is 6.77. The molecule has 182 valence electrons. The van der Waals surface area contributed by atoms with E-state index in [1.165, 1.54) is 54.5 Å². The Morgan fingerprint density at radius 3 is 2.54 bits per heavy atom. The molecule has 0 atom stereocenters. The number of anilines is 1. The SMILES string of the molecule is CCc1cc2c(cc1N1CCC(NC3CCC3)CC1)C(C)(C)c1[nH]c3c(c1C2)C(=O)CC(C#N)=C3. The molecule has 6 rings (SSSR count). The number of carbonyl (C=O) groups is 1. The van der Waals surface area contributed by atoms with Gasteiger partial charge in [-0.1, -0.05) is 33.3 Å². The average Bonchev–Trinajstić information content (AvgIpc) is 3.21. The fraction of sp³-hybridized carbons (Fsp3) is 0.533. The largest absolute Gasteiger partial charge is 0.371 e. The molecule has 3 aliphatic carbocycles. The number of nitrogens with one attached hydrogen (secondary N) is 2. The summed E-state index contributed by atoms with van der Waals surface area (Å²) in [5, 5.41) is 13.3. The number of nitriles is 1. The molecule has 5 heteroatoms. The minimum absolute atomic E-state index is 0.0708. The fourth-order valence-corrected chi connectivity index (χ4v) is 6.77. The number of benzene rings is 1. The lowest BCUT2D eigenvalue weighted by molar-refractivity contribution is 0.0992. The highest BCUT2D eigenvalue weighted by atomic mass is 16.1. The summed E-state index contributed by atoms with van der Waals surface area (Å²) in [6, 6.07) is 8.47. The Morgan fingerprint density at radius 1 is 1.14 bits per heavy atom.